The van der Waals surface area contributed by atoms with Crippen LogP contribution in [0.4, 0.5) is 0 Å². The Balaban J connectivity index is 2.16. The van der Waals surface area contributed by atoms with Gasteiger partial charge in [0, 0.05) is 10.4 Å². The quantitative estimate of drug-likeness (QED) is 0.714. The summed E-state index contributed by atoms with van der Waals surface area (Å²) in [5, 5.41) is 0.756. The normalized spacial score (nSPS) is 19.0. The maximum atomic E-state index is 11.2. The van der Waals surface area contributed by atoms with Crippen molar-refractivity contribution in [1.82, 2.24) is 0 Å². The van der Waals surface area contributed by atoms with Crippen LogP contribution in [0.5, 0.6) is 0 Å². The van der Waals surface area contributed by atoms with Crippen molar-refractivity contribution < 1.29 is 4.79 Å². The monoisotopic (exact) mass is 222 g/mol. The molecule has 0 bridgehead atoms. The molecule has 0 radical (unpaired) electrons. The molecule has 15 heavy (non-hydrogen) atoms. The average Bonchev–Trinajstić information content (AvgIpc) is 2.67. The van der Waals surface area contributed by atoms with Crippen LogP contribution in [0.25, 0.3) is 0 Å². The number of carbonyl (C=O) groups excluding carboxylic acids is 1. The van der Waals surface area contributed by atoms with E-state index in [9.17, 15) is 4.79 Å². The van der Waals surface area contributed by atoms with Crippen LogP contribution in [-0.4, -0.2) is 6.29 Å². The predicted molar refractivity (Wildman–Crippen MR) is 62.1 cm³/mol. The molecule has 0 atom stereocenters. The van der Waals surface area contributed by atoms with E-state index in [-0.39, 0.29) is 5.41 Å². The standard InChI is InChI=1S/C13H15ClO/c14-12-5-3-4-11(8-12)9-13(10-15)6-1-2-7-13/h3-5,8,10H,1-2,6-7,9H2. The molecule has 0 unspecified atom stereocenters. The molecule has 1 aromatic carbocycles. The van der Waals surface area contributed by atoms with Crippen molar-refractivity contribution in [2.24, 2.45) is 5.41 Å². The second-order valence-electron chi connectivity index (χ2n) is 4.49. The van der Waals surface area contributed by atoms with Crippen molar-refractivity contribution in [3.63, 3.8) is 0 Å². The number of carbonyl (C=O) groups is 1. The van der Waals surface area contributed by atoms with Crippen LogP contribution >= 0.6 is 11.6 Å². The minimum absolute atomic E-state index is 0.106. The molecule has 80 valence electrons. The molecule has 1 fully saturated rings. The molecule has 1 aliphatic carbocycles. The van der Waals surface area contributed by atoms with Crippen LogP contribution in [-0.2, 0) is 11.2 Å². The minimum Gasteiger partial charge on any atom is -0.303 e. The summed E-state index contributed by atoms with van der Waals surface area (Å²) in [7, 11) is 0. The zero-order valence-corrected chi connectivity index (χ0v) is 9.46. The zero-order valence-electron chi connectivity index (χ0n) is 8.71. The molecule has 0 saturated heterocycles. The van der Waals surface area contributed by atoms with Crippen LogP contribution in [0.2, 0.25) is 5.02 Å². The van der Waals surface area contributed by atoms with Gasteiger partial charge in [0.1, 0.15) is 6.29 Å². The Bertz CT molecular complexity index is 353. The third-order valence-electron chi connectivity index (χ3n) is 3.29. The van der Waals surface area contributed by atoms with E-state index in [0.29, 0.717) is 0 Å². The molecule has 2 rings (SSSR count). The second-order valence-corrected chi connectivity index (χ2v) is 4.93. The minimum atomic E-state index is -0.106. The van der Waals surface area contributed by atoms with Crippen molar-refractivity contribution in [2.75, 3.05) is 0 Å². The summed E-state index contributed by atoms with van der Waals surface area (Å²) in [6.45, 7) is 0. The van der Waals surface area contributed by atoms with E-state index in [2.05, 4.69) is 6.07 Å². The van der Waals surface area contributed by atoms with Gasteiger partial charge in [-0.1, -0.05) is 36.6 Å². The highest BCUT2D eigenvalue weighted by molar-refractivity contribution is 6.30. The summed E-state index contributed by atoms with van der Waals surface area (Å²) in [4.78, 5) is 11.2. The SMILES string of the molecule is O=CC1(Cc2cccc(Cl)c2)CCCC1. The van der Waals surface area contributed by atoms with E-state index in [1.54, 1.807) is 0 Å². The average molecular weight is 223 g/mol. The van der Waals surface area contributed by atoms with Crippen LogP contribution in [0.15, 0.2) is 24.3 Å². The Kier molecular flexibility index (Phi) is 3.11. The molecule has 0 spiro atoms. The molecular weight excluding hydrogens is 208 g/mol. The highest BCUT2D eigenvalue weighted by atomic mass is 35.5. The third-order valence-corrected chi connectivity index (χ3v) is 3.53. The Labute approximate surface area is 95.4 Å². The molecule has 0 amide bonds. The van der Waals surface area contributed by atoms with Gasteiger partial charge >= 0.3 is 0 Å². The van der Waals surface area contributed by atoms with Gasteiger partial charge in [0.2, 0.25) is 0 Å². The number of halogens is 1. The first-order valence-corrected chi connectivity index (χ1v) is 5.83. The van der Waals surface area contributed by atoms with Crippen LogP contribution in [0, 0.1) is 5.41 Å². The van der Waals surface area contributed by atoms with Crippen LogP contribution < -0.4 is 0 Å². The zero-order chi connectivity index (χ0) is 10.7. The lowest BCUT2D eigenvalue weighted by atomic mass is 9.81. The summed E-state index contributed by atoms with van der Waals surface area (Å²) in [5.41, 5.74) is 1.07. The van der Waals surface area contributed by atoms with Crippen molar-refractivity contribution >= 4 is 17.9 Å². The maximum Gasteiger partial charge on any atom is 0.126 e. The lowest BCUT2D eigenvalue weighted by molar-refractivity contribution is -0.115. The molecule has 0 N–H and O–H groups in total. The van der Waals surface area contributed by atoms with Gasteiger partial charge in [0.15, 0.2) is 0 Å². The fraction of sp³-hybridized carbons (Fsp3) is 0.462. The van der Waals surface area contributed by atoms with Gasteiger partial charge in [-0.25, -0.2) is 0 Å². The van der Waals surface area contributed by atoms with E-state index in [1.807, 2.05) is 18.2 Å². The van der Waals surface area contributed by atoms with E-state index in [0.717, 1.165) is 30.6 Å². The van der Waals surface area contributed by atoms with E-state index < -0.39 is 0 Å². The molecular formula is C13H15ClO. The number of rotatable bonds is 3. The van der Waals surface area contributed by atoms with E-state index in [1.165, 1.54) is 18.4 Å². The van der Waals surface area contributed by atoms with Crippen molar-refractivity contribution in [3.05, 3.63) is 34.9 Å². The third kappa shape index (κ3) is 2.40. The van der Waals surface area contributed by atoms with Gasteiger partial charge in [0.05, 0.1) is 0 Å². The van der Waals surface area contributed by atoms with Gasteiger partial charge in [-0.3, -0.25) is 0 Å². The number of hydrogen-bond acceptors (Lipinski definition) is 1. The first kappa shape index (κ1) is 10.7. The summed E-state index contributed by atoms with van der Waals surface area (Å²) in [6, 6.07) is 7.83. The van der Waals surface area contributed by atoms with E-state index in [4.69, 9.17) is 11.6 Å². The maximum absolute atomic E-state index is 11.2. The van der Waals surface area contributed by atoms with Gasteiger partial charge in [-0.2, -0.15) is 0 Å². The summed E-state index contributed by atoms with van der Waals surface area (Å²) in [5.74, 6) is 0. The Morgan fingerprint density at radius 1 is 1.33 bits per heavy atom. The molecule has 0 aliphatic heterocycles. The first-order valence-electron chi connectivity index (χ1n) is 5.45. The van der Waals surface area contributed by atoms with Gasteiger partial charge in [-0.05, 0) is 37.0 Å². The molecule has 1 aliphatic rings. The van der Waals surface area contributed by atoms with E-state index >= 15 is 0 Å². The summed E-state index contributed by atoms with van der Waals surface area (Å²) >= 11 is 5.93. The van der Waals surface area contributed by atoms with Crippen LogP contribution in [0.3, 0.4) is 0 Å². The number of hydrogen-bond donors (Lipinski definition) is 0. The Morgan fingerprint density at radius 3 is 2.67 bits per heavy atom. The lowest BCUT2D eigenvalue weighted by Crippen LogP contribution is -2.21. The lowest BCUT2D eigenvalue weighted by Gasteiger charge is -2.21. The molecule has 1 nitrogen and oxygen atoms in total. The fourth-order valence-corrected chi connectivity index (χ4v) is 2.68. The van der Waals surface area contributed by atoms with Crippen molar-refractivity contribution in [2.45, 2.75) is 32.1 Å². The molecule has 0 aromatic heterocycles. The van der Waals surface area contributed by atoms with Crippen molar-refractivity contribution in [3.8, 4) is 0 Å². The van der Waals surface area contributed by atoms with Gasteiger partial charge in [-0.15, -0.1) is 0 Å². The predicted octanol–water partition coefficient (Wildman–Crippen LogP) is 3.64. The number of benzene rings is 1. The highest BCUT2D eigenvalue weighted by Gasteiger charge is 2.33. The summed E-state index contributed by atoms with van der Waals surface area (Å²) < 4.78 is 0. The topological polar surface area (TPSA) is 17.1 Å². The second kappa shape index (κ2) is 4.36. The molecule has 2 heteroatoms. The molecule has 0 heterocycles. The largest absolute Gasteiger partial charge is 0.303 e. The molecule has 1 aromatic rings. The van der Waals surface area contributed by atoms with Crippen molar-refractivity contribution in [1.29, 1.82) is 0 Å². The number of aldehydes is 1. The Hall–Kier alpha value is -0.820. The Morgan fingerprint density at radius 2 is 2.07 bits per heavy atom. The highest BCUT2D eigenvalue weighted by Crippen LogP contribution is 2.39. The van der Waals surface area contributed by atoms with Crippen LogP contribution in [0.1, 0.15) is 31.2 Å². The van der Waals surface area contributed by atoms with Gasteiger partial charge < -0.3 is 4.79 Å². The fourth-order valence-electron chi connectivity index (χ4n) is 2.47. The smallest absolute Gasteiger partial charge is 0.126 e. The summed E-state index contributed by atoms with van der Waals surface area (Å²) in [6.07, 6.45) is 6.42. The first-order chi connectivity index (χ1) is 7.24. The van der Waals surface area contributed by atoms with Gasteiger partial charge in [0.25, 0.3) is 0 Å². The molecule has 1 saturated carbocycles.